The first kappa shape index (κ1) is 30.2. The number of hydrogen-bond donors (Lipinski definition) is 2. The summed E-state index contributed by atoms with van der Waals surface area (Å²) in [6, 6.07) is 0. The summed E-state index contributed by atoms with van der Waals surface area (Å²) < 4.78 is 17.1. The van der Waals surface area contributed by atoms with Gasteiger partial charge in [0.15, 0.2) is 0 Å². The predicted octanol–water partition coefficient (Wildman–Crippen LogP) is 4.99. The Labute approximate surface area is 230 Å². The second-order valence-electron chi connectivity index (χ2n) is 13.1. The predicted molar refractivity (Wildman–Crippen MR) is 138 cm³/mol. The number of carbonyl (C=O) groups is 3. The molecule has 0 spiro atoms. The Morgan fingerprint density at radius 2 is 1.62 bits per heavy atom. The molecule has 4 rings (SSSR count). The van der Waals surface area contributed by atoms with Crippen molar-refractivity contribution in [3.05, 3.63) is 0 Å². The topological polar surface area (TPSA) is 138 Å². The minimum absolute atomic E-state index is 0.0605. The van der Waals surface area contributed by atoms with Gasteiger partial charge in [0.2, 0.25) is 5.79 Å². The van der Waals surface area contributed by atoms with Gasteiger partial charge in [0, 0.05) is 44.4 Å². The maximum absolute atomic E-state index is 12.4. The van der Waals surface area contributed by atoms with E-state index < -0.39 is 5.79 Å². The third-order valence-electron chi connectivity index (χ3n) is 11.5. The van der Waals surface area contributed by atoms with Crippen LogP contribution in [0.2, 0.25) is 0 Å². The molecule has 4 saturated carbocycles. The van der Waals surface area contributed by atoms with Crippen LogP contribution in [0.1, 0.15) is 92.4 Å². The molecule has 222 valence electrons. The molecule has 0 aromatic heterocycles. The molecule has 39 heavy (non-hydrogen) atoms. The maximum Gasteiger partial charge on any atom is 0.305 e. The number of carbonyl (C=O) groups excluding carboxylic acids is 3. The van der Waals surface area contributed by atoms with Crippen LogP contribution < -0.4 is 0 Å². The van der Waals surface area contributed by atoms with Crippen LogP contribution in [0.3, 0.4) is 0 Å². The van der Waals surface area contributed by atoms with E-state index in [0.717, 1.165) is 12.8 Å². The van der Waals surface area contributed by atoms with Crippen LogP contribution in [0.15, 0.2) is 0 Å². The first-order chi connectivity index (χ1) is 18.3. The van der Waals surface area contributed by atoms with E-state index in [1.165, 1.54) is 21.0 Å². The Hall–Kier alpha value is -1.75. The molecule has 2 N–H and O–H groups in total. The Kier molecular flexibility index (Phi) is 8.72. The van der Waals surface area contributed by atoms with Gasteiger partial charge in [-0.1, -0.05) is 20.8 Å². The number of fused-ring (bicyclic) bond motifs is 5. The quantitative estimate of drug-likeness (QED) is 0.139. The summed E-state index contributed by atoms with van der Waals surface area (Å²) in [4.78, 5) is 45.9. The highest BCUT2D eigenvalue weighted by Gasteiger charge is 2.68. The summed E-state index contributed by atoms with van der Waals surface area (Å²) in [7, 11) is 1.40. The van der Waals surface area contributed by atoms with Gasteiger partial charge in [-0.2, -0.15) is 0 Å². The lowest BCUT2D eigenvalue weighted by molar-refractivity contribution is -0.500. The summed E-state index contributed by atoms with van der Waals surface area (Å²) >= 11 is 0. The monoisotopic (exact) mass is 554 g/mol. The normalized spacial score (nSPS) is 41.4. The van der Waals surface area contributed by atoms with Gasteiger partial charge >= 0.3 is 17.9 Å². The lowest BCUT2D eigenvalue weighted by atomic mass is 9.42. The smallest absolute Gasteiger partial charge is 0.305 e. The molecule has 0 unspecified atom stereocenters. The number of ether oxygens (including phenoxy) is 3. The molecule has 0 radical (unpaired) electrons. The van der Waals surface area contributed by atoms with Crippen molar-refractivity contribution in [3.63, 3.8) is 0 Å². The lowest BCUT2D eigenvalue weighted by Gasteiger charge is -2.64. The Bertz CT molecular complexity index is 933. The van der Waals surface area contributed by atoms with Crippen LogP contribution in [0.4, 0.5) is 0 Å². The number of rotatable bonds is 8. The van der Waals surface area contributed by atoms with Gasteiger partial charge in [0.1, 0.15) is 12.2 Å². The van der Waals surface area contributed by atoms with Crippen LogP contribution in [0, 0.1) is 46.3 Å². The van der Waals surface area contributed by atoms with E-state index in [9.17, 15) is 24.9 Å². The lowest BCUT2D eigenvalue weighted by Crippen LogP contribution is -2.64. The van der Waals surface area contributed by atoms with E-state index in [4.69, 9.17) is 14.2 Å². The van der Waals surface area contributed by atoms with Crippen molar-refractivity contribution < 1.29 is 48.9 Å². The average molecular weight is 555 g/mol. The first-order valence-corrected chi connectivity index (χ1v) is 14.4. The third kappa shape index (κ3) is 5.22. The van der Waals surface area contributed by atoms with E-state index in [1.54, 1.807) is 0 Å². The van der Waals surface area contributed by atoms with E-state index in [0.29, 0.717) is 38.5 Å². The van der Waals surface area contributed by atoms with Crippen molar-refractivity contribution >= 4 is 17.9 Å². The summed E-state index contributed by atoms with van der Waals surface area (Å²) in [6.45, 7) is 9.52. The van der Waals surface area contributed by atoms with Crippen LogP contribution in [0.5, 0.6) is 0 Å². The zero-order chi connectivity index (χ0) is 28.8. The summed E-state index contributed by atoms with van der Waals surface area (Å²) in [5.41, 5.74) is -0.568. The molecule has 4 fully saturated rings. The van der Waals surface area contributed by atoms with Gasteiger partial charge in [-0.25, -0.2) is 20.3 Å². The molecule has 0 bridgehead atoms. The van der Waals surface area contributed by atoms with E-state index in [2.05, 4.69) is 30.5 Å². The summed E-state index contributed by atoms with van der Waals surface area (Å²) in [5, 5.41) is 19.2. The molecule has 10 atom stereocenters. The van der Waals surface area contributed by atoms with Gasteiger partial charge in [-0.3, -0.25) is 14.4 Å². The number of methoxy groups -OCH3 is 1. The van der Waals surface area contributed by atoms with Crippen LogP contribution in [0.25, 0.3) is 0 Å². The molecule has 4 aliphatic rings. The third-order valence-corrected chi connectivity index (χ3v) is 11.5. The van der Waals surface area contributed by atoms with Crippen LogP contribution >= 0.6 is 0 Å². The minimum Gasteiger partial charge on any atom is -0.469 e. The van der Waals surface area contributed by atoms with Crippen molar-refractivity contribution in [3.8, 4) is 0 Å². The highest BCUT2D eigenvalue weighted by Crippen LogP contribution is 2.70. The highest BCUT2D eigenvalue weighted by atomic mass is 17.2. The fourth-order valence-electron chi connectivity index (χ4n) is 9.59. The van der Waals surface area contributed by atoms with Gasteiger partial charge in [0.25, 0.3) is 0 Å². The van der Waals surface area contributed by atoms with Crippen molar-refractivity contribution in [2.24, 2.45) is 46.3 Å². The van der Waals surface area contributed by atoms with E-state index >= 15 is 0 Å². The Morgan fingerprint density at radius 3 is 2.21 bits per heavy atom. The second kappa shape index (κ2) is 11.3. The Morgan fingerprint density at radius 1 is 0.949 bits per heavy atom. The molecular formula is C29H46O10. The maximum atomic E-state index is 12.4. The van der Waals surface area contributed by atoms with Gasteiger partial charge in [-0.15, -0.1) is 0 Å². The largest absolute Gasteiger partial charge is 0.469 e. The van der Waals surface area contributed by atoms with Gasteiger partial charge in [0.05, 0.1) is 7.11 Å². The zero-order valence-corrected chi connectivity index (χ0v) is 24.1. The fourth-order valence-corrected chi connectivity index (χ4v) is 9.59. The standard InChI is InChI=1S/C29H46O10/c1-16(7-10-25(32)35-6)20-8-9-21-26-22(14-24(28(20,21)5)37-18(3)31)27(4)11-12-29(38-33,39-34)15-19(27)13-23(26)36-17(2)30/h16,19-24,26,33-34H,7-15H2,1-6H3/t16-,19+,20-,21+,22+,23-,24+,26+,27+,28-/m1/s1. The summed E-state index contributed by atoms with van der Waals surface area (Å²) in [5.74, 6) is -1.70. The minimum atomic E-state index is -1.51. The van der Waals surface area contributed by atoms with Crippen molar-refractivity contribution in [2.75, 3.05) is 7.11 Å². The first-order valence-electron chi connectivity index (χ1n) is 14.4. The molecule has 0 amide bonds. The number of hydrogen-bond acceptors (Lipinski definition) is 10. The SMILES string of the molecule is COC(=O)CC[C@@H](C)[C@H]1CC[C@H]2[C@@H]3[C@H](OC(C)=O)C[C@H]4CC(OO)(OO)CC[C@]4(C)[C@H]3C[C@H](OC(C)=O)[C@]12C. The fraction of sp³-hybridized carbons (Fsp3) is 0.897. The highest BCUT2D eigenvalue weighted by molar-refractivity contribution is 5.69. The molecule has 0 aromatic rings. The molecule has 4 aliphatic carbocycles. The zero-order valence-electron chi connectivity index (χ0n) is 24.1. The molecule has 0 heterocycles. The molecule has 0 aromatic carbocycles. The molecule has 0 saturated heterocycles. The molecular weight excluding hydrogens is 508 g/mol. The molecule has 10 heteroatoms. The second-order valence-corrected chi connectivity index (χ2v) is 13.1. The Balaban J connectivity index is 1.72. The summed E-state index contributed by atoms with van der Waals surface area (Å²) in [6.07, 6.45) is 4.61. The van der Waals surface area contributed by atoms with E-state index in [-0.39, 0.29) is 82.9 Å². The number of esters is 3. The average Bonchev–Trinajstić information content (AvgIpc) is 3.25. The van der Waals surface area contributed by atoms with Gasteiger partial charge in [-0.05, 0) is 73.5 Å². The molecule has 0 aliphatic heterocycles. The van der Waals surface area contributed by atoms with Crippen LogP contribution in [-0.2, 0) is 38.4 Å². The van der Waals surface area contributed by atoms with E-state index in [1.807, 2.05) is 0 Å². The van der Waals surface area contributed by atoms with Crippen molar-refractivity contribution in [1.29, 1.82) is 0 Å². The van der Waals surface area contributed by atoms with Crippen LogP contribution in [-0.4, -0.2) is 53.5 Å². The van der Waals surface area contributed by atoms with Crippen molar-refractivity contribution in [2.45, 2.75) is 110 Å². The molecule has 10 nitrogen and oxygen atoms in total. The van der Waals surface area contributed by atoms with Gasteiger partial charge < -0.3 is 14.2 Å². The van der Waals surface area contributed by atoms with Crippen molar-refractivity contribution in [1.82, 2.24) is 0 Å².